The number of benzene rings is 2. The third kappa shape index (κ3) is 6.70. The number of pyridine rings is 1. The standard InChI is InChI=1S/C29H27F6N5O/c1-18(20-4-2-19(3-5-20)16-39-12-10-28(31,32)11-13-39)37-27-36-15-21-7-9-25(41)40(26(21)38-27)17-22-6-8-23(30)14-24(22)29(33,34)35/h2-9,14-15,18H,10-13,16-17H2,1H3,(H,36,37,38)/t18-/m0/s1. The van der Waals surface area contributed by atoms with E-state index in [1.165, 1.54) is 18.3 Å². The van der Waals surface area contributed by atoms with Crippen LogP contribution in [-0.2, 0) is 19.3 Å². The second-order valence-electron chi connectivity index (χ2n) is 10.3. The van der Waals surface area contributed by atoms with Crippen LogP contribution in [0, 0.1) is 5.82 Å². The normalized spacial score (nSPS) is 16.6. The first-order valence-electron chi connectivity index (χ1n) is 13.1. The third-order valence-corrected chi connectivity index (χ3v) is 7.25. The maximum atomic E-state index is 13.6. The van der Waals surface area contributed by atoms with Gasteiger partial charge in [-0.25, -0.2) is 18.2 Å². The molecule has 1 fully saturated rings. The number of anilines is 1. The van der Waals surface area contributed by atoms with E-state index < -0.39 is 35.6 Å². The molecule has 1 atom stereocenters. The predicted octanol–water partition coefficient (Wildman–Crippen LogP) is 6.40. The van der Waals surface area contributed by atoms with E-state index in [0.29, 0.717) is 31.1 Å². The Morgan fingerprint density at radius 3 is 2.39 bits per heavy atom. The number of alkyl halides is 5. The van der Waals surface area contributed by atoms with Gasteiger partial charge in [0.15, 0.2) is 0 Å². The fourth-order valence-electron chi connectivity index (χ4n) is 4.90. The quantitative estimate of drug-likeness (QED) is 0.259. The lowest BCUT2D eigenvalue weighted by Crippen LogP contribution is -2.38. The fraction of sp³-hybridized carbons (Fsp3) is 0.345. The van der Waals surface area contributed by atoms with Crippen molar-refractivity contribution in [2.24, 2.45) is 0 Å². The molecule has 41 heavy (non-hydrogen) atoms. The predicted molar refractivity (Wildman–Crippen MR) is 142 cm³/mol. The lowest BCUT2D eigenvalue weighted by molar-refractivity contribution is -0.138. The van der Waals surface area contributed by atoms with Crippen molar-refractivity contribution in [2.45, 2.75) is 51.0 Å². The summed E-state index contributed by atoms with van der Waals surface area (Å²) in [4.78, 5) is 23.4. The molecule has 1 N–H and O–H groups in total. The average molecular weight is 576 g/mol. The molecule has 12 heteroatoms. The van der Waals surface area contributed by atoms with Gasteiger partial charge in [0, 0.05) is 50.1 Å². The minimum Gasteiger partial charge on any atom is -0.348 e. The Balaban J connectivity index is 1.34. The summed E-state index contributed by atoms with van der Waals surface area (Å²) in [6.45, 7) is 2.67. The summed E-state index contributed by atoms with van der Waals surface area (Å²) in [6.07, 6.45) is -3.62. The van der Waals surface area contributed by atoms with Crippen molar-refractivity contribution < 1.29 is 26.3 Å². The van der Waals surface area contributed by atoms with Crippen molar-refractivity contribution in [2.75, 3.05) is 18.4 Å². The molecule has 0 radical (unpaired) electrons. The van der Waals surface area contributed by atoms with Crippen LogP contribution >= 0.6 is 0 Å². The van der Waals surface area contributed by atoms with E-state index in [9.17, 15) is 31.1 Å². The van der Waals surface area contributed by atoms with Crippen LogP contribution in [0.4, 0.5) is 32.3 Å². The minimum atomic E-state index is -4.80. The summed E-state index contributed by atoms with van der Waals surface area (Å²) >= 11 is 0. The molecule has 1 aliphatic rings. The van der Waals surface area contributed by atoms with E-state index in [1.54, 1.807) is 0 Å². The number of aromatic nitrogens is 3. The van der Waals surface area contributed by atoms with E-state index in [0.717, 1.165) is 27.8 Å². The zero-order chi connectivity index (χ0) is 29.4. The van der Waals surface area contributed by atoms with Crippen LogP contribution in [0.3, 0.4) is 0 Å². The first-order chi connectivity index (χ1) is 19.4. The van der Waals surface area contributed by atoms with Crippen LogP contribution in [0.25, 0.3) is 11.0 Å². The van der Waals surface area contributed by atoms with E-state index in [1.807, 2.05) is 36.1 Å². The SMILES string of the molecule is C[C@H](Nc1ncc2ccc(=O)n(Cc3ccc(F)cc3C(F)(F)F)c2n1)c1ccc(CN2CCC(F)(F)CC2)cc1. The van der Waals surface area contributed by atoms with E-state index in [-0.39, 0.29) is 36.0 Å². The van der Waals surface area contributed by atoms with Crippen LogP contribution in [0.5, 0.6) is 0 Å². The van der Waals surface area contributed by atoms with Crippen LogP contribution in [0.1, 0.15) is 48.1 Å². The molecule has 5 rings (SSSR count). The van der Waals surface area contributed by atoms with Gasteiger partial charge in [-0.1, -0.05) is 30.3 Å². The first-order valence-corrected chi connectivity index (χ1v) is 13.1. The molecule has 0 spiro atoms. The Morgan fingerprint density at radius 2 is 1.71 bits per heavy atom. The zero-order valence-corrected chi connectivity index (χ0v) is 22.1. The molecule has 3 heterocycles. The van der Waals surface area contributed by atoms with Crippen molar-refractivity contribution >= 4 is 17.0 Å². The molecule has 0 aliphatic carbocycles. The third-order valence-electron chi connectivity index (χ3n) is 7.25. The van der Waals surface area contributed by atoms with E-state index >= 15 is 0 Å². The van der Waals surface area contributed by atoms with Crippen LogP contribution in [-0.4, -0.2) is 38.4 Å². The smallest absolute Gasteiger partial charge is 0.348 e. The molecular formula is C29H27F6N5O. The second kappa shape index (κ2) is 11.2. The van der Waals surface area contributed by atoms with Gasteiger partial charge in [-0.3, -0.25) is 14.3 Å². The highest BCUT2D eigenvalue weighted by Crippen LogP contribution is 2.33. The molecule has 0 saturated carbocycles. The van der Waals surface area contributed by atoms with Crippen molar-refractivity contribution in [3.63, 3.8) is 0 Å². The highest BCUT2D eigenvalue weighted by atomic mass is 19.4. The molecule has 0 amide bonds. The minimum absolute atomic E-state index is 0.127. The topological polar surface area (TPSA) is 63.1 Å². The number of halogens is 6. The van der Waals surface area contributed by atoms with Gasteiger partial charge in [0.1, 0.15) is 11.5 Å². The highest BCUT2D eigenvalue weighted by Gasteiger charge is 2.34. The van der Waals surface area contributed by atoms with Crippen molar-refractivity contribution in [1.29, 1.82) is 0 Å². The van der Waals surface area contributed by atoms with Crippen molar-refractivity contribution in [3.05, 3.63) is 99.2 Å². The van der Waals surface area contributed by atoms with Crippen molar-refractivity contribution in [3.8, 4) is 0 Å². The summed E-state index contributed by atoms with van der Waals surface area (Å²) in [6, 6.07) is 12.5. The Kier molecular flexibility index (Phi) is 7.78. The molecule has 1 aliphatic heterocycles. The zero-order valence-electron chi connectivity index (χ0n) is 22.1. The van der Waals surface area contributed by atoms with Crippen LogP contribution in [0.15, 0.2) is 65.6 Å². The highest BCUT2D eigenvalue weighted by molar-refractivity contribution is 5.75. The van der Waals surface area contributed by atoms with Gasteiger partial charge in [0.2, 0.25) is 5.95 Å². The molecule has 4 aromatic rings. The fourth-order valence-corrected chi connectivity index (χ4v) is 4.90. The molecular weight excluding hydrogens is 548 g/mol. The number of rotatable bonds is 7. The molecule has 1 saturated heterocycles. The Bertz CT molecular complexity index is 1590. The summed E-state index contributed by atoms with van der Waals surface area (Å²) < 4.78 is 82.2. The van der Waals surface area contributed by atoms with Gasteiger partial charge in [-0.2, -0.15) is 18.2 Å². The Hall–Kier alpha value is -3.93. The summed E-state index contributed by atoms with van der Waals surface area (Å²) in [5, 5.41) is 3.60. The van der Waals surface area contributed by atoms with Gasteiger partial charge in [0.05, 0.1) is 18.2 Å². The monoisotopic (exact) mass is 575 g/mol. The summed E-state index contributed by atoms with van der Waals surface area (Å²) in [5.41, 5.74) is 0.0191. The lowest BCUT2D eigenvalue weighted by atomic mass is 10.0. The largest absolute Gasteiger partial charge is 0.416 e. The molecule has 6 nitrogen and oxygen atoms in total. The van der Waals surface area contributed by atoms with E-state index in [4.69, 9.17) is 0 Å². The lowest BCUT2D eigenvalue weighted by Gasteiger charge is -2.31. The first kappa shape index (κ1) is 28.6. The summed E-state index contributed by atoms with van der Waals surface area (Å²) in [5.74, 6) is -3.45. The molecule has 2 aromatic carbocycles. The Labute approximate surface area is 231 Å². The average Bonchev–Trinajstić information content (AvgIpc) is 2.92. The molecule has 0 bridgehead atoms. The van der Waals surface area contributed by atoms with Crippen LogP contribution in [0.2, 0.25) is 0 Å². The maximum absolute atomic E-state index is 13.6. The molecule has 0 unspecified atom stereocenters. The Morgan fingerprint density at radius 1 is 1.00 bits per heavy atom. The number of piperidine rings is 1. The van der Waals surface area contributed by atoms with Gasteiger partial charge < -0.3 is 5.32 Å². The van der Waals surface area contributed by atoms with E-state index in [2.05, 4.69) is 15.3 Å². The number of fused-ring (bicyclic) bond motifs is 1. The number of likely N-dealkylation sites (tertiary alicyclic amines) is 1. The number of nitrogens with zero attached hydrogens (tertiary/aromatic N) is 4. The number of nitrogens with one attached hydrogen (secondary N) is 1. The van der Waals surface area contributed by atoms with Crippen LogP contribution < -0.4 is 10.9 Å². The van der Waals surface area contributed by atoms with Gasteiger partial charge in [-0.15, -0.1) is 0 Å². The van der Waals surface area contributed by atoms with Crippen molar-refractivity contribution in [1.82, 2.24) is 19.4 Å². The van der Waals surface area contributed by atoms with Gasteiger partial charge in [-0.05, 0) is 41.8 Å². The maximum Gasteiger partial charge on any atom is 0.416 e. The second-order valence-corrected chi connectivity index (χ2v) is 10.3. The van der Waals surface area contributed by atoms with Gasteiger partial charge in [0.25, 0.3) is 11.5 Å². The molecule has 216 valence electrons. The number of hydrogen-bond acceptors (Lipinski definition) is 5. The molecule has 2 aromatic heterocycles. The number of hydrogen-bond donors (Lipinski definition) is 1. The summed E-state index contributed by atoms with van der Waals surface area (Å²) in [7, 11) is 0. The van der Waals surface area contributed by atoms with Gasteiger partial charge >= 0.3 is 6.18 Å².